The molecule has 0 spiro atoms. The Labute approximate surface area is 128 Å². The molecule has 0 atom stereocenters. The summed E-state index contributed by atoms with van der Waals surface area (Å²) in [5.74, 6) is 1.61. The zero-order chi connectivity index (χ0) is 15.2. The second-order valence-corrected chi connectivity index (χ2v) is 4.68. The number of aromatic nitrogens is 2. The number of rotatable bonds is 4. The summed E-state index contributed by atoms with van der Waals surface area (Å²) in [5.41, 5.74) is 1.61. The molecule has 4 nitrogen and oxygen atoms in total. The summed E-state index contributed by atoms with van der Waals surface area (Å²) in [5, 5.41) is 9.08. The van der Waals surface area contributed by atoms with Crippen molar-refractivity contribution >= 4 is 0 Å². The quantitative estimate of drug-likeness (QED) is 0.733. The third-order valence-corrected chi connectivity index (χ3v) is 3.11. The van der Waals surface area contributed by atoms with Crippen LogP contribution in [0.3, 0.4) is 0 Å². The molecule has 0 amide bonds. The molecule has 0 aliphatic heterocycles. The normalized spacial score (nSPS) is 9.95. The van der Waals surface area contributed by atoms with Crippen molar-refractivity contribution in [2.75, 3.05) is 0 Å². The predicted octanol–water partition coefficient (Wildman–Crippen LogP) is 3.73. The molecule has 0 fully saturated rings. The molecular formula is C18H13N3O. The van der Waals surface area contributed by atoms with E-state index >= 15 is 0 Å². The van der Waals surface area contributed by atoms with Gasteiger partial charge in [0.2, 0.25) is 5.88 Å². The van der Waals surface area contributed by atoms with Gasteiger partial charge in [0, 0.05) is 18.7 Å². The molecule has 106 valence electrons. The maximum absolute atomic E-state index is 9.08. The Balaban J connectivity index is 1.81. The topological polar surface area (TPSA) is 58.8 Å². The average molecular weight is 287 g/mol. The molecule has 4 heteroatoms. The van der Waals surface area contributed by atoms with Crippen LogP contribution in [-0.4, -0.2) is 9.97 Å². The van der Waals surface area contributed by atoms with E-state index in [1.54, 1.807) is 30.5 Å². The zero-order valence-electron chi connectivity index (χ0n) is 11.8. The lowest BCUT2D eigenvalue weighted by molar-refractivity contribution is 0.457. The molecule has 22 heavy (non-hydrogen) atoms. The molecule has 2 aromatic carbocycles. The monoisotopic (exact) mass is 287 g/mol. The Hall–Kier alpha value is -3.19. The van der Waals surface area contributed by atoms with Gasteiger partial charge in [-0.3, -0.25) is 0 Å². The van der Waals surface area contributed by atoms with E-state index in [0.29, 0.717) is 29.4 Å². The lowest BCUT2D eigenvalue weighted by atomic mass is 10.1. The Bertz CT molecular complexity index is 810. The van der Waals surface area contributed by atoms with E-state index < -0.39 is 0 Å². The number of nitrogens with zero attached hydrogens (tertiary/aromatic N) is 3. The summed E-state index contributed by atoms with van der Waals surface area (Å²) in [6.07, 6.45) is 2.30. The summed E-state index contributed by atoms with van der Waals surface area (Å²) in [7, 11) is 0. The number of hydrogen-bond acceptors (Lipinski definition) is 4. The van der Waals surface area contributed by atoms with Gasteiger partial charge < -0.3 is 4.74 Å². The summed E-state index contributed by atoms with van der Waals surface area (Å²) in [6, 6.07) is 20.9. The summed E-state index contributed by atoms with van der Waals surface area (Å²) < 4.78 is 5.71. The lowest BCUT2D eigenvalue weighted by Crippen LogP contribution is -1.98. The van der Waals surface area contributed by atoms with Gasteiger partial charge in [-0.1, -0.05) is 42.5 Å². The molecule has 0 radical (unpaired) electrons. The molecule has 1 aromatic heterocycles. The van der Waals surface area contributed by atoms with E-state index in [1.807, 2.05) is 36.4 Å². The molecule has 3 rings (SSSR count). The van der Waals surface area contributed by atoms with Crippen LogP contribution in [0.25, 0.3) is 0 Å². The molecule has 0 unspecified atom stereocenters. The van der Waals surface area contributed by atoms with Crippen molar-refractivity contribution in [1.29, 1.82) is 5.26 Å². The molecule has 0 saturated heterocycles. The van der Waals surface area contributed by atoms with Gasteiger partial charge in [-0.2, -0.15) is 10.2 Å². The van der Waals surface area contributed by atoms with Crippen LogP contribution in [0.5, 0.6) is 11.6 Å². The van der Waals surface area contributed by atoms with Gasteiger partial charge in [-0.05, 0) is 17.7 Å². The van der Waals surface area contributed by atoms with E-state index in [9.17, 15) is 0 Å². The van der Waals surface area contributed by atoms with Crippen molar-refractivity contribution in [2.24, 2.45) is 0 Å². The van der Waals surface area contributed by atoms with Gasteiger partial charge in [0.1, 0.15) is 17.6 Å². The van der Waals surface area contributed by atoms with Crippen molar-refractivity contribution in [3.63, 3.8) is 0 Å². The maximum atomic E-state index is 9.08. The molecule has 1 heterocycles. The first-order valence-corrected chi connectivity index (χ1v) is 6.88. The van der Waals surface area contributed by atoms with Crippen molar-refractivity contribution < 1.29 is 4.74 Å². The molecule has 0 aliphatic carbocycles. The van der Waals surface area contributed by atoms with Crippen LogP contribution in [0.15, 0.2) is 66.9 Å². The molecule has 0 aliphatic rings. The number of benzene rings is 2. The molecule has 0 bridgehead atoms. The largest absolute Gasteiger partial charge is 0.438 e. The highest BCUT2D eigenvalue weighted by atomic mass is 16.5. The fourth-order valence-corrected chi connectivity index (χ4v) is 2.06. The average Bonchev–Trinajstić information content (AvgIpc) is 2.57. The van der Waals surface area contributed by atoms with E-state index in [1.165, 1.54) is 0 Å². The predicted molar refractivity (Wildman–Crippen MR) is 82.5 cm³/mol. The minimum absolute atomic E-state index is 0.434. The molecule has 0 saturated carbocycles. The molecule has 3 aromatic rings. The van der Waals surface area contributed by atoms with E-state index in [4.69, 9.17) is 10.00 Å². The Morgan fingerprint density at radius 1 is 0.955 bits per heavy atom. The number of ether oxygens (including phenoxy) is 1. The van der Waals surface area contributed by atoms with Gasteiger partial charge in [0.15, 0.2) is 0 Å². The minimum atomic E-state index is 0.434. The highest BCUT2D eigenvalue weighted by Gasteiger charge is 2.06. The number of nitriles is 1. The Morgan fingerprint density at radius 3 is 2.55 bits per heavy atom. The van der Waals surface area contributed by atoms with Crippen LogP contribution in [0.4, 0.5) is 0 Å². The Morgan fingerprint density at radius 2 is 1.73 bits per heavy atom. The van der Waals surface area contributed by atoms with Crippen LogP contribution in [-0.2, 0) is 6.42 Å². The van der Waals surface area contributed by atoms with Crippen molar-refractivity contribution in [3.8, 4) is 17.7 Å². The van der Waals surface area contributed by atoms with Gasteiger partial charge >= 0.3 is 0 Å². The maximum Gasteiger partial charge on any atom is 0.222 e. The van der Waals surface area contributed by atoms with Gasteiger partial charge in [-0.25, -0.2) is 4.98 Å². The first-order valence-electron chi connectivity index (χ1n) is 6.88. The van der Waals surface area contributed by atoms with Gasteiger partial charge in [0.25, 0.3) is 0 Å². The number of para-hydroxylation sites is 1. The van der Waals surface area contributed by atoms with Crippen LogP contribution < -0.4 is 4.74 Å². The minimum Gasteiger partial charge on any atom is -0.438 e. The van der Waals surface area contributed by atoms with Crippen molar-refractivity contribution in [3.05, 3.63) is 83.8 Å². The van der Waals surface area contributed by atoms with E-state index in [2.05, 4.69) is 16.0 Å². The van der Waals surface area contributed by atoms with Gasteiger partial charge in [-0.15, -0.1) is 0 Å². The van der Waals surface area contributed by atoms with Crippen LogP contribution >= 0.6 is 0 Å². The lowest BCUT2D eigenvalue weighted by Gasteiger charge is -2.07. The van der Waals surface area contributed by atoms with E-state index in [0.717, 1.165) is 5.56 Å². The fourth-order valence-electron chi connectivity index (χ4n) is 2.06. The SMILES string of the molecule is N#Cc1ccccc1Oc1ccnc(Cc2ccccc2)n1. The molecular weight excluding hydrogens is 274 g/mol. The molecule has 0 N–H and O–H groups in total. The summed E-state index contributed by atoms with van der Waals surface area (Å²) >= 11 is 0. The summed E-state index contributed by atoms with van der Waals surface area (Å²) in [6.45, 7) is 0. The third kappa shape index (κ3) is 3.28. The van der Waals surface area contributed by atoms with Crippen LogP contribution in [0.2, 0.25) is 0 Å². The third-order valence-electron chi connectivity index (χ3n) is 3.11. The Kier molecular flexibility index (Phi) is 4.08. The van der Waals surface area contributed by atoms with Gasteiger partial charge in [0.05, 0.1) is 5.56 Å². The highest BCUT2D eigenvalue weighted by molar-refractivity contribution is 5.44. The highest BCUT2D eigenvalue weighted by Crippen LogP contribution is 2.23. The van der Waals surface area contributed by atoms with Crippen molar-refractivity contribution in [2.45, 2.75) is 6.42 Å². The van der Waals surface area contributed by atoms with E-state index in [-0.39, 0.29) is 0 Å². The van der Waals surface area contributed by atoms with Crippen LogP contribution in [0.1, 0.15) is 17.0 Å². The standard InChI is InChI=1S/C18H13N3O/c19-13-15-8-4-5-9-16(15)22-18-10-11-20-17(21-18)12-14-6-2-1-3-7-14/h1-11H,12H2. The fraction of sp³-hybridized carbons (Fsp3) is 0.0556. The first-order chi connectivity index (χ1) is 10.8. The second-order valence-electron chi connectivity index (χ2n) is 4.68. The number of hydrogen-bond donors (Lipinski definition) is 0. The second kappa shape index (κ2) is 6.51. The van der Waals surface area contributed by atoms with Crippen molar-refractivity contribution in [1.82, 2.24) is 9.97 Å². The van der Waals surface area contributed by atoms with Crippen LogP contribution in [0, 0.1) is 11.3 Å². The first kappa shape index (κ1) is 13.8. The summed E-state index contributed by atoms with van der Waals surface area (Å²) in [4.78, 5) is 8.66. The zero-order valence-corrected chi connectivity index (χ0v) is 11.8. The smallest absolute Gasteiger partial charge is 0.222 e.